The lowest BCUT2D eigenvalue weighted by atomic mass is 9.77. The third kappa shape index (κ3) is 4.19. The molecule has 1 heterocycles. The van der Waals surface area contributed by atoms with E-state index in [0.717, 1.165) is 38.9 Å². The molecule has 2 atom stereocenters. The minimum atomic E-state index is -0.699. The summed E-state index contributed by atoms with van der Waals surface area (Å²) in [5, 5.41) is 10.7. The average molecular weight is 286 g/mol. The molecule has 3 heteroatoms. The van der Waals surface area contributed by atoms with Gasteiger partial charge in [-0.25, -0.2) is 0 Å². The highest BCUT2D eigenvalue weighted by molar-refractivity contribution is 4.89. The quantitative estimate of drug-likeness (QED) is 0.719. The van der Waals surface area contributed by atoms with Crippen LogP contribution in [-0.2, 0) is 9.47 Å². The van der Waals surface area contributed by atoms with E-state index in [1.54, 1.807) is 0 Å². The predicted molar refractivity (Wildman–Crippen MR) is 82.6 cm³/mol. The molecule has 0 aromatic rings. The number of aliphatic hydroxyl groups excluding tert-OH is 1. The minimum Gasteiger partial charge on any atom is -0.381 e. The fraction of sp³-hybridized carbons (Fsp3) is 1.00. The van der Waals surface area contributed by atoms with Gasteiger partial charge in [0.2, 0.25) is 0 Å². The molecule has 0 bridgehead atoms. The summed E-state index contributed by atoms with van der Waals surface area (Å²) in [6.07, 6.45) is 2.97. The van der Waals surface area contributed by atoms with Gasteiger partial charge < -0.3 is 14.6 Å². The van der Waals surface area contributed by atoms with Gasteiger partial charge in [0.25, 0.3) is 0 Å². The van der Waals surface area contributed by atoms with Gasteiger partial charge in [-0.1, -0.05) is 41.5 Å². The van der Waals surface area contributed by atoms with E-state index < -0.39 is 6.29 Å². The zero-order valence-corrected chi connectivity index (χ0v) is 14.2. The van der Waals surface area contributed by atoms with Gasteiger partial charge in [-0.2, -0.15) is 0 Å². The van der Waals surface area contributed by atoms with Gasteiger partial charge in [-0.3, -0.25) is 0 Å². The Morgan fingerprint density at radius 3 is 2.15 bits per heavy atom. The number of aliphatic hydroxyl groups is 1. The topological polar surface area (TPSA) is 38.7 Å². The van der Waals surface area contributed by atoms with Crippen LogP contribution in [0, 0.1) is 17.3 Å². The van der Waals surface area contributed by atoms with Crippen LogP contribution in [0.15, 0.2) is 0 Å². The fourth-order valence-corrected chi connectivity index (χ4v) is 3.27. The maximum atomic E-state index is 10.7. The lowest BCUT2D eigenvalue weighted by molar-refractivity contribution is -0.267. The van der Waals surface area contributed by atoms with E-state index in [0.29, 0.717) is 11.8 Å². The first kappa shape index (κ1) is 17.9. The van der Waals surface area contributed by atoms with Crippen molar-refractivity contribution in [3.05, 3.63) is 0 Å². The molecule has 1 aliphatic heterocycles. The van der Waals surface area contributed by atoms with Crippen molar-refractivity contribution in [1.29, 1.82) is 0 Å². The fourth-order valence-electron chi connectivity index (χ4n) is 3.27. The van der Waals surface area contributed by atoms with Crippen molar-refractivity contribution >= 4 is 0 Å². The predicted octanol–water partition coefficient (Wildman–Crippen LogP) is 3.99. The minimum absolute atomic E-state index is 0.172. The second-order valence-electron chi connectivity index (χ2n) is 7.41. The summed E-state index contributed by atoms with van der Waals surface area (Å²) in [6, 6.07) is 0. The second-order valence-corrected chi connectivity index (χ2v) is 7.41. The molecule has 20 heavy (non-hydrogen) atoms. The van der Waals surface area contributed by atoms with Crippen LogP contribution >= 0.6 is 0 Å². The van der Waals surface area contributed by atoms with E-state index in [2.05, 4.69) is 41.5 Å². The van der Waals surface area contributed by atoms with Crippen LogP contribution < -0.4 is 0 Å². The van der Waals surface area contributed by atoms with Gasteiger partial charge in [-0.05, 0) is 24.7 Å². The molecule has 120 valence electrons. The molecule has 1 N–H and O–H groups in total. The molecule has 1 rings (SSSR count). The molecule has 0 amide bonds. The zero-order chi connectivity index (χ0) is 15.4. The summed E-state index contributed by atoms with van der Waals surface area (Å²) in [5.41, 5.74) is -0.403. The third-order valence-corrected chi connectivity index (χ3v) is 5.02. The van der Waals surface area contributed by atoms with Crippen LogP contribution in [0.4, 0.5) is 0 Å². The van der Waals surface area contributed by atoms with Crippen molar-refractivity contribution in [1.82, 2.24) is 0 Å². The van der Waals surface area contributed by atoms with E-state index in [1.165, 1.54) is 0 Å². The number of hydrogen-bond acceptors (Lipinski definition) is 3. The lowest BCUT2D eigenvalue weighted by Crippen LogP contribution is -2.50. The number of ether oxygens (including phenoxy) is 2. The molecule has 0 aromatic carbocycles. The highest BCUT2D eigenvalue weighted by Crippen LogP contribution is 2.40. The zero-order valence-electron chi connectivity index (χ0n) is 14.2. The van der Waals surface area contributed by atoms with E-state index >= 15 is 0 Å². The molecule has 0 aromatic heterocycles. The lowest BCUT2D eigenvalue weighted by Gasteiger charge is -2.46. The van der Waals surface area contributed by atoms with Crippen molar-refractivity contribution in [2.45, 2.75) is 79.1 Å². The summed E-state index contributed by atoms with van der Waals surface area (Å²) >= 11 is 0. The van der Waals surface area contributed by atoms with Crippen molar-refractivity contribution in [3.8, 4) is 0 Å². The summed E-state index contributed by atoms with van der Waals surface area (Å²) in [6.45, 7) is 14.5. The number of hydrogen-bond donors (Lipinski definition) is 1. The van der Waals surface area contributed by atoms with Crippen LogP contribution in [0.3, 0.4) is 0 Å². The molecule has 0 spiro atoms. The molecular weight excluding hydrogens is 252 g/mol. The Hall–Kier alpha value is -0.120. The highest BCUT2D eigenvalue weighted by atomic mass is 16.6. The normalized spacial score (nSPS) is 23.9. The molecule has 0 saturated carbocycles. The van der Waals surface area contributed by atoms with E-state index in [9.17, 15) is 5.11 Å². The first-order valence-electron chi connectivity index (χ1n) is 8.19. The Balaban J connectivity index is 2.81. The van der Waals surface area contributed by atoms with Crippen LogP contribution in [0.1, 0.15) is 67.2 Å². The Bertz CT molecular complexity index is 282. The van der Waals surface area contributed by atoms with Gasteiger partial charge in [0.15, 0.2) is 6.29 Å². The maximum Gasteiger partial charge on any atom is 0.160 e. The summed E-state index contributed by atoms with van der Waals surface area (Å²) in [4.78, 5) is 0. The largest absolute Gasteiger partial charge is 0.381 e. The van der Waals surface area contributed by atoms with Crippen molar-refractivity contribution in [2.24, 2.45) is 17.3 Å². The second kappa shape index (κ2) is 7.24. The summed E-state index contributed by atoms with van der Waals surface area (Å²) in [5.74, 6) is 0.948. The Labute approximate surface area is 125 Å². The Kier molecular flexibility index (Phi) is 6.49. The van der Waals surface area contributed by atoms with Crippen molar-refractivity contribution < 1.29 is 14.6 Å². The maximum absolute atomic E-state index is 10.7. The first-order valence-corrected chi connectivity index (χ1v) is 8.19. The van der Waals surface area contributed by atoms with Crippen molar-refractivity contribution in [2.75, 3.05) is 13.2 Å². The van der Waals surface area contributed by atoms with E-state index in [-0.39, 0.29) is 11.0 Å². The monoisotopic (exact) mass is 286 g/mol. The van der Waals surface area contributed by atoms with Crippen molar-refractivity contribution in [3.63, 3.8) is 0 Å². The van der Waals surface area contributed by atoms with Gasteiger partial charge in [0.1, 0.15) is 0 Å². The van der Waals surface area contributed by atoms with Gasteiger partial charge in [-0.15, -0.1) is 0 Å². The number of rotatable bonds is 7. The smallest absolute Gasteiger partial charge is 0.160 e. The van der Waals surface area contributed by atoms with Gasteiger partial charge >= 0.3 is 0 Å². The molecule has 1 saturated heterocycles. The molecule has 1 fully saturated rings. The molecule has 0 radical (unpaired) electrons. The standard InChI is InChI=1S/C17H34O3/c1-7-16(6,12-13(2)3)15(18)20-17(14(4)5)8-10-19-11-9-17/h13-15,18H,7-12H2,1-6H3. The van der Waals surface area contributed by atoms with Crippen LogP contribution in [0.25, 0.3) is 0 Å². The summed E-state index contributed by atoms with van der Waals surface area (Å²) < 4.78 is 11.7. The van der Waals surface area contributed by atoms with Gasteiger partial charge in [0.05, 0.1) is 5.60 Å². The van der Waals surface area contributed by atoms with E-state index in [4.69, 9.17) is 9.47 Å². The molecule has 3 nitrogen and oxygen atoms in total. The van der Waals surface area contributed by atoms with E-state index in [1.807, 2.05) is 0 Å². The highest BCUT2D eigenvalue weighted by Gasteiger charge is 2.43. The Morgan fingerprint density at radius 1 is 1.20 bits per heavy atom. The van der Waals surface area contributed by atoms with Crippen LogP contribution in [0.2, 0.25) is 0 Å². The molecule has 2 unspecified atom stereocenters. The SMILES string of the molecule is CCC(C)(CC(C)C)C(O)OC1(C(C)C)CCOCC1. The van der Waals surface area contributed by atoms with Crippen LogP contribution in [0.5, 0.6) is 0 Å². The molecular formula is C17H34O3. The third-order valence-electron chi connectivity index (χ3n) is 5.02. The van der Waals surface area contributed by atoms with Gasteiger partial charge in [0, 0.05) is 31.5 Å². The average Bonchev–Trinajstić information content (AvgIpc) is 2.38. The first-order chi connectivity index (χ1) is 9.26. The molecule has 0 aliphatic carbocycles. The molecule has 1 aliphatic rings. The Morgan fingerprint density at radius 2 is 1.75 bits per heavy atom. The summed E-state index contributed by atoms with van der Waals surface area (Å²) in [7, 11) is 0. The van der Waals surface area contributed by atoms with Crippen LogP contribution in [-0.4, -0.2) is 30.2 Å².